The van der Waals surface area contributed by atoms with Crippen molar-refractivity contribution < 1.29 is 4.79 Å². The Morgan fingerprint density at radius 1 is 1.47 bits per heavy atom. The van der Waals surface area contributed by atoms with E-state index < -0.39 is 11.0 Å². The van der Waals surface area contributed by atoms with Crippen molar-refractivity contribution in [1.29, 1.82) is 0 Å². The molecule has 0 saturated heterocycles. The second-order valence-corrected chi connectivity index (χ2v) is 6.26. The predicted molar refractivity (Wildman–Crippen MR) is 70.9 cm³/mol. The van der Waals surface area contributed by atoms with Crippen LogP contribution in [-0.4, -0.2) is 23.0 Å². The van der Waals surface area contributed by atoms with Gasteiger partial charge in [-0.05, 0) is 27.7 Å². The number of amides is 1. The number of aromatic nitrogens is 1. The largest absolute Gasteiger partial charge is 0.355 e. The fourth-order valence-corrected chi connectivity index (χ4v) is 1.79. The molecule has 0 aromatic carbocycles. The number of carbonyl (C=O) groups is 1. The zero-order valence-electron chi connectivity index (χ0n) is 10.9. The zero-order chi connectivity index (χ0) is 13.1. The van der Waals surface area contributed by atoms with Gasteiger partial charge in [0.05, 0.1) is 10.4 Å². The average molecular weight is 255 g/mol. The van der Waals surface area contributed by atoms with Crippen molar-refractivity contribution >= 4 is 17.2 Å². The van der Waals surface area contributed by atoms with E-state index in [1.165, 1.54) is 0 Å². The molecule has 0 atom stereocenters. The van der Waals surface area contributed by atoms with E-state index in [0.29, 0.717) is 6.54 Å². The van der Waals surface area contributed by atoms with Gasteiger partial charge in [0.15, 0.2) is 0 Å². The molecule has 0 aliphatic carbocycles. The molecule has 0 unspecified atom stereocenters. The van der Waals surface area contributed by atoms with Crippen molar-refractivity contribution in [2.45, 2.75) is 39.7 Å². The smallest absolute Gasteiger partial charge is 0.227 e. The molecule has 0 radical (unpaired) electrons. The number of rotatable bonds is 5. The van der Waals surface area contributed by atoms with Crippen LogP contribution < -0.4 is 11.1 Å². The summed E-state index contributed by atoms with van der Waals surface area (Å²) < 4.78 is 0. The fourth-order valence-electron chi connectivity index (χ4n) is 1.17. The lowest BCUT2D eigenvalue weighted by molar-refractivity contribution is -0.132. The van der Waals surface area contributed by atoms with E-state index in [-0.39, 0.29) is 5.91 Å². The molecule has 17 heavy (non-hydrogen) atoms. The summed E-state index contributed by atoms with van der Waals surface area (Å²) in [5.41, 5.74) is 4.88. The summed E-state index contributed by atoms with van der Waals surface area (Å²) in [6.45, 7) is 8.07. The Hall–Kier alpha value is -0.940. The monoisotopic (exact) mass is 255 g/mol. The molecule has 0 aliphatic rings. The third-order valence-corrected chi connectivity index (χ3v) is 4.13. The molecule has 1 rings (SSSR count). The van der Waals surface area contributed by atoms with Crippen LogP contribution in [0.5, 0.6) is 0 Å². The molecule has 1 amide bonds. The van der Waals surface area contributed by atoms with E-state index in [4.69, 9.17) is 5.73 Å². The summed E-state index contributed by atoms with van der Waals surface area (Å²) in [5.74, 6) is -0.0124. The average Bonchev–Trinajstić information content (AvgIpc) is 2.68. The Labute approximate surface area is 107 Å². The third-order valence-electron chi connectivity index (χ3n) is 3.29. The van der Waals surface area contributed by atoms with Crippen molar-refractivity contribution in [2.24, 2.45) is 11.1 Å². The highest BCUT2D eigenvalue weighted by Gasteiger charge is 2.40. The van der Waals surface area contributed by atoms with Gasteiger partial charge in [-0.15, -0.1) is 11.3 Å². The summed E-state index contributed by atoms with van der Waals surface area (Å²) >= 11 is 1.60. The van der Waals surface area contributed by atoms with Crippen LogP contribution in [0.15, 0.2) is 11.6 Å². The summed E-state index contributed by atoms with van der Waals surface area (Å²) in [6, 6.07) is 0. The topological polar surface area (TPSA) is 68.0 Å². The van der Waals surface area contributed by atoms with Crippen LogP contribution in [-0.2, 0) is 11.2 Å². The van der Waals surface area contributed by atoms with Crippen molar-refractivity contribution in [2.75, 3.05) is 6.54 Å². The summed E-state index contributed by atoms with van der Waals surface area (Å²) in [4.78, 5) is 16.2. The molecule has 4 nitrogen and oxygen atoms in total. The number of hydrogen-bond acceptors (Lipinski definition) is 4. The highest BCUT2D eigenvalue weighted by atomic mass is 32.1. The number of nitrogens with one attached hydrogen (secondary N) is 1. The maximum atomic E-state index is 12.0. The molecule has 0 spiro atoms. The van der Waals surface area contributed by atoms with Gasteiger partial charge in [-0.25, -0.2) is 4.98 Å². The molecule has 0 fully saturated rings. The highest BCUT2D eigenvalue weighted by molar-refractivity contribution is 7.09. The number of carbonyl (C=O) groups excluding carboxylic acids is 1. The van der Waals surface area contributed by atoms with Gasteiger partial charge in [0.1, 0.15) is 0 Å². The fraction of sp³-hybridized carbons (Fsp3) is 0.667. The van der Waals surface area contributed by atoms with E-state index in [0.717, 1.165) is 11.4 Å². The minimum absolute atomic E-state index is 0.0124. The molecular weight excluding hydrogens is 234 g/mol. The maximum Gasteiger partial charge on any atom is 0.227 e. The molecule has 1 heterocycles. The Morgan fingerprint density at radius 2 is 2.12 bits per heavy atom. The van der Waals surface area contributed by atoms with Crippen LogP contribution in [0, 0.1) is 5.41 Å². The normalized spacial score (nSPS) is 12.5. The molecule has 3 N–H and O–H groups in total. The summed E-state index contributed by atoms with van der Waals surface area (Å²) in [7, 11) is 0. The minimum atomic E-state index is -0.587. The minimum Gasteiger partial charge on any atom is -0.355 e. The molecule has 0 aliphatic heterocycles. The van der Waals surface area contributed by atoms with E-state index in [1.54, 1.807) is 17.5 Å². The lowest BCUT2D eigenvalue weighted by atomic mass is 9.74. The van der Waals surface area contributed by atoms with Gasteiger partial charge in [0.25, 0.3) is 0 Å². The summed E-state index contributed by atoms with van der Waals surface area (Å²) in [6.07, 6.45) is 2.54. The lowest BCUT2D eigenvalue weighted by Crippen LogP contribution is -2.55. The first-order valence-electron chi connectivity index (χ1n) is 5.70. The van der Waals surface area contributed by atoms with Gasteiger partial charge in [0.2, 0.25) is 5.91 Å². The van der Waals surface area contributed by atoms with Crippen LogP contribution in [0.25, 0.3) is 0 Å². The van der Waals surface area contributed by atoms with E-state index in [2.05, 4.69) is 10.3 Å². The van der Waals surface area contributed by atoms with Crippen LogP contribution in [0.1, 0.15) is 32.7 Å². The molecule has 5 heteroatoms. The lowest BCUT2D eigenvalue weighted by Gasteiger charge is -2.36. The van der Waals surface area contributed by atoms with Crippen molar-refractivity contribution in [1.82, 2.24) is 10.3 Å². The third kappa shape index (κ3) is 3.51. The Balaban J connectivity index is 2.45. The van der Waals surface area contributed by atoms with Crippen LogP contribution >= 0.6 is 11.3 Å². The van der Waals surface area contributed by atoms with Gasteiger partial charge in [-0.2, -0.15) is 0 Å². The second kappa shape index (κ2) is 5.14. The van der Waals surface area contributed by atoms with E-state index >= 15 is 0 Å². The zero-order valence-corrected chi connectivity index (χ0v) is 11.7. The summed E-state index contributed by atoms with van der Waals surface area (Å²) in [5, 5.41) is 5.89. The van der Waals surface area contributed by atoms with E-state index in [1.807, 2.05) is 33.1 Å². The van der Waals surface area contributed by atoms with Gasteiger partial charge < -0.3 is 11.1 Å². The van der Waals surface area contributed by atoms with Gasteiger partial charge >= 0.3 is 0 Å². The van der Waals surface area contributed by atoms with Gasteiger partial charge in [0, 0.05) is 30.1 Å². The van der Waals surface area contributed by atoms with Crippen LogP contribution in [0.2, 0.25) is 0 Å². The molecule has 96 valence electrons. The van der Waals surface area contributed by atoms with Crippen LogP contribution in [0.4, 0.5) is 0 Å². The molecule has 1 aromatic heterocycles. The van der Waals surface area contributed by atoms with Crippen molar-refractivity contribution in [3.63, 3.8) is 0 Å². The van der Waals surface area contributed by atoms with Crippen molar-refractivity contribution in [3.05, 3.63) is 16.6 Å². The predicted octanol–water partition coefficient (Wildman–Crippen LogP) is 1.57. The standard InChI is InChI=1S/C12H21N3OS/c1-11(2,12(3,4)13)10(16)15-6-5-9-14-7-8-17-9/h7-8H,5-6,13H2,1-4H3,(H,15,16). The second-order valence-electron chi connectivity index (χ2n) is 5.28. The van der Waals surface area contributed by atoms with Gasteiger partial charge in [-0.1, -0.05) is 0 Å². The Kier molecular flexibility index (Phi) is 4.27. The SMILES string of the molecule is CC(C)(N)C(C)(C)C(=O)NCCc1nccs1. The maximum absolute atomic E-state index is 12.0. The molecular formula is C12H21N3OS. The number of thiazole rings is 1. The number of nitrogens with zero attached hydrogens (tertiary/aromatic N) is 1. The Bertz CT molecular complexity index is 366. The number of nitrogens with two attached hydrogens (primary N) is 1. The molecule has 0 saturated carbocycles. The quantitative estimate of drug-likeness (QED) is 0.839. The molecule has 1 aromatic rings. The van der Waals surface area contributed by atoms with Crippen LogP contribution in [0.3, 0.4) is 0 Å². The Morgan fingerprint density at radius 3 is 2.59 bits per heavy atom. The first-order chi connectivity index (χ1) is 7.75. The highest BCUT2D eigenvalue weighted by Crippen LogP contribution is 2.28. The van der Waals surface area contributed by atoms with Gasteiger partial charge in [-0.3, -0.25) is 4.79 Å². The van der Waals surface area contributed by atoms with Crippen molar-refractivity contribution in [3.8, 4) is 0 Å². The van der Waals surface area contributed by atoms with E-state index in [9.17, 15) is 4.79 Å². The first kappa shape index (κ1) is 14.1. The molecule has 0 bridgehead atoms. The number of hydrogen-bond donors (Lipinski definition) is 2. The first-order valence-corrected chi connectivity index (χ1v) is 6.58.